The Hall–Kier alpha value is -1.05. The molecule has 0 radical (unpaired) electrons. The highest BCUT2D eigenvalue weighted by molar-refractivity contribution is 5.70. The van der Waals surface area contributed by atoms with Gasteiger partial charge in [0.1, 0.15) is 6.10 Å². The van der Waals surface area contributed by atoms with E-state index in [0.29, 0.717) is 12.3 Å². The van der Waals surface area contributed by atoms with Crippen molar-refractivity contribution in [1.29, 1.82) is 0 Å². The van der Waals surface area contributed by atoms with Crippen molar-refractivity contribution in [2.75, 3.05) is 0 Å². The molecule has 0 saturated heterocycles. The van der Waals surface area contributed by atoms with Crippen LogP contribution >= 0.6 is 0 Å². The predicted molar refractivity (Wildman–Crippen MR) is 79.9 cm³/mol. The van der Waals surface area contributed by atoms with E-state index in [1.165, 1.54) is 11.1 Å². The summed E-state index contributed by atoms with van der Waals surface area (Å²) in [6.07, 6.45) is 10.3. The van der Waals surface area contributed by atoms with Crippen LogP contribution in [0.5, 0.6) is 0 Å². The number of hydrogen-bond acceptors (Lipinski definition) is 2. The van der Waals surface area contributed by atoms with Crippen molar-refractivity contribution in [2.24, 2.45) is 5.92 Å². The zero-order valence-corrected chi connectivity index (χ0v) is 12.9. The maximum atomic E-state index is 11.9. The lowest BCUT2D eigenvalue weighted by atomic mass is 9.98. The highest BCUT2D eigenvalue weighted by atomic mass is 16.5. The summed E-state index contributed by atoms with van der Waals surface area (Å²) in [6.45, 7) is 8.46. The number of carbonyl (C=O) groups is 1. The van der Waals surface area contributed by atoms with Crippen LogP contribution in [0.2, 0.25) is 0 Å². The number of esters is 1. The third-order valence-electron chi connectivity index (χ3n) is 3.54. The van der Waals surface area contributed by atoms with Gasteiger partial charge in [0.25, 0.3) is 0 Å². The van der Waals surface area contributed by atoms with Gasteiger partial charge in [-0.3, -0.25) is 4.79 Å². The van der Waals surface area contributed by atoms with Crippen molar-refractivity contribution in [1.82, 2.24) is 0 Å². The van der Waals surface area contributed by atoms with E-state index in [0.717, 1.165) is 32.1 Å². The van der Waals surface area contributed by atoms with Crippen molar-refractivity contribution in [3.8, 4) is 0 Å². The SMILES string of the molecule is CC(C)=CCC[C@@H](C)CC(=O)O[C@H]1C=C(C)CCC1. The first kappa shape index (κ1) is 16.0. The number of rotatable bonds is 6. The minimum atomic E-state index is -0.0411. The fourth-order valence-electron chi connectivity index (χ4n) is 2.42. The van der Waals surface area contributed by atoms with E-state index in [1.807, 2.05) is 0 Å². The van der Waals surface area contributed by atoms with Crippen molar-refractivity contribution >= 4 is 5.97 Å². The van der Waals surface area contributed by atoms with Crippen LogP contribution in [0.4, 0.5) is 0 Å². The highest BCUT2D eigenvalue weighted by Gasteiger charge is 2.17. The van der Waals surface area contributed by atoms with E-state index in [9.17, 15) is 4.79 Å². The maximum absolute atomic E-state index is 11.9. The molecule has 1 aliphatic rings. The van der Waals surface area contributed by atoms with Crippen molar-refractivity contribution in [3.63, 3.8) is 0 Å². The summed E-state index contributed by atoms with van der Waals surface area (Å²) >= 11 is 0. The first-order chi connectivity index (χ1) is 8.97. The Bertz CT molecular complexity index is 348. The van der Waals surface area contributed by atoms with Crippen LogP contribution in [0.1, 0.15) is 66.2 Å². The molecule has 0 aromatic carbocycles. The summed E-state index contributed by atoms with van der Waals surface area (Å²) in [7, 11) is 0. The molecule has 0 unspecified atom stereocenters. The average molecular weight is 264 g/mol. The molecule has 0 aromatic rings. The van der Waals surface area contributed by atoms with Crippen molar-refractivity contribution in [2.45, 2.75) is 72.3 Å². The van der Waals surface area contributed by atoms with E-state index in [-0.39, 0.29) is 12.1 Å². The molecule has 1 rings (SSSR count). The second kappa shape index (κ2) is 8.19. The standard InChI is InChI=1S/C17H28O2/c1-13(2)7-5-8-15(4)12-17(18)19-16-10-6-9-14(3)11-16/h7,11,15-16H,5-6,8-10,12H2,1-4H3/t15-,16-/m1/s1. The Kier molecular flexibility index (Phi) is 6.90. The van der Waals surface area contributed by atoms with Crippen LogP contribution in [0.15, 0.2) is 23.3 Å². The van der Waals surface area contributed by atoms with Gasteiger partial charge in [-0.15, -0.1) is 0 Å². The molecular weight excluding hydrogens is 236 g/mol. The molecule has 19 heavy (non-hydrogen) atoms. The Labute approximate surface area is 117 Å². The van der Waals surface area contributed by atoms with Crippen molar-refractivity contribution in [3.05, 3.63) is 23.3 Å². The van der Waals surface area contributed by atoms with E-state index in [1.54, 1.807) is 0 Å². The molecule has 1 aliphatic carbocycles. The fourth-order valence-corrected chi connectivity index (χ4v) is 2.42. The highest BCUT2D eigenvalue weighted by Crippen LogP contribution is 2.21. The lowest BCUT2D eigenvalue weighted by Crippen LogP contribution is -2.20. The second-order valence-electron chi connectivity index (χ2n) is 6.10. The van der Waals surface area contributed by atoms with Gasteiger partial charge in [-0.05, 0) is 64.9 Å². The minimum Gasteiger partial charge on any atom is -0.458 e. The summed E-state index contributed by atoms with van der Waals surface area (Å²) in [6, 6.07) is 0. The van der Waals surface area contributed by atoms with Gasteiger partial charge >= 0.3 is 5.97 Å². The topological polar surface area (TPSA) is 26.3 Å². The molecule has 2 heteroatoms. The average Bonchev–Trinajstić information content (AvgIpc) is 2.27. The Morgan fingerprint density at radius 1 is 1.53 bits per heavy atom. The summed E-state index contributed by atoms with van der Waals surface area (Å²) in [5.41, 5.74) is 2.69. The van der Waals surface area contributed by atoms with Gasteiger partial charge in [0.05, 0.1) is 0 Å². The molecule has 0 fully saturated rings. The van der Waals surface area contributed by atoms with Crippen LogP contribution in [0, 0.1) is 5.92 Å². The first-order valence-electron chi connectivity index (χ1n) is 7.47. The quantitative estimate of drug-likeness (QED) is 0.509. The lowest BCUT2D eigenvalue weighted by molar-refractivity contribution is -0.148. The molecule has 0 spiro atoms. The largest absolute Gasteiger partial charge is 0.458 e. The van der Waals surface area contributed by atoms with Gasteiger partial charge in [0, 0.05) is 6.42 Å². The van der Waals surface area contributed by atoms with Crippen LogP contribution < -0.4 is 0 Å². The van der Waals surface area contributed by atoms with Crippen molar-refractivity contribution < 1.29 is 9.53 Å². The summed E-state index contributed by atoms with van der Waals surface area (Å²) in [4.78, 5) is 11.9. The number of carbonyl (C=O) groups excluding carboxylic acids is 1. The Balaban J connectivity index is 2.26. The smallest absolute Gasteiger partial charge is 0.306 e. The molecule has 0 saturated carbocycles. The monoisotopic (exact) mass is 264 g/mol. The van der Waals surface area contributed by atoms with Crippen LogP contribution in [0.25, 0.3) is 0 Å². The van der Waals surface area contributed by atoms with Gasteiger partial charge in [-0.1, -0.05) is 24.1 Å². The van der Waals surface area contributed by atoms with E-state index in [4.69, 9.17) is 4.74 Å². The minimum absolute atomic E-state index is 0.0197. The van der Waals surface area contributed by atoms with E-state index in [2.05, 4.69) is 39.8 Å². The third-order valence-corrected chi connectivity index (χ3v) is 3.54. The van der Waals surface area contributed by atoms with Crippen LogP contribution in [-0.4, -0.2) is 12.1 Å². The number of hydrogen-bond donors (Lipinski definition) is 0. The second-order valence-corrected chi connectivity index (χ2v) is 6.10. The summed E-state index contributed by atoms with van der Waals surface area (Å²) in [5.74, 6) is 0.359. The van der Waals surface area contributed by atoms with Gasteiger partial charge < -0.3 is 4.74 Å². The van der Waals surface area contributed by atoms with Gasteiger partial charge in [-0.25, -0.2) is 0 Å². The molecule has 2 nitrogen and oxygen atoms in total. The third kappa shape index (κ3) is 7.19. The zero-order valence-electron chi connectivity index (χ0n) is 12.9. The summed E-state index contributed by atoms with van der Waals surface area (Å²) in [5, 5.41) is 0. The first-order valence-corrected chi connectivity index (χ1v) is 7.47. The van der Waals surface area contributed by atoms with Gasteiger partial charge in [-0.2, -0.15) is 0 Å². The van der Waals surface area contributed by atoms with Crippen LogP contribution in [-0.2, 0) is 9.53 Å². The molecule has 2 atom stereocenters. The van der Waals surface area contributed by atoms with E-state index >= 15 is 0 Å². The zero-order chi connectivity index (χ0) is 14.3. The number of allylic oxidation sites excluding steroid dienone is 3. The molecule has 108 valence electrons. The number of ether oxygens (including phenoxy) is 1. The molecule has 0 N–H and O–H groups in total. The molecular formula is C17H28O2. The molecule has 0 aromatic heterocycles. The Morgan fingerprint density at radius 2 is 2.26 bits per heavy atom. The fraction of sp³-hybridized carbons (Fsp3) is 0.706. The molecule has 0 bridgehead atoms. The predicted octanol–water partition coefficient (Wildman–Crippen LogP) is 4.80. The normalized spacial score (nSPS) is 20.4. The van der Waals surface area contributed by atoms with Gasteiger partial charge in [0.15, 0.2) is 0 Å². The molecule has 0 amide bonds. The lowest BCUT2D eigenvalue weighted by Gasteiger charge is -2.20. The molecule has 0 aliphatic heterocycles. The molecule has 0 heterocycles. The van der Waals surface area contributed by atoms with Crippen LogP contribution in [0.3, 0.4) is 0 Å². The van der Waals surface area contributed by atoms with Gasteiger partial charge in [0.2, 0.25) is 0 Å². The summed E-state index contributed by atoms with van der Waals surface area (Å²) < 4.78 is 5.53. The Morgan fingerprint density at radius 3 is 2.89 bits per heavy atom. The van der Waals surface area contributed by atoms with E-state index < -0.39 is 0 Å². The maximum Gasteiger partial charge on any atom is 0.306 e.